The first-order valence-corrected chi connectivity index (χ1v) is 12.9. The van der Waals surface area contributed by atoms with Crippen LogP contribution in [0.5, 0.6) is 0 Å². The van der Waals surface area contributed by atoms with E-state index in [1.807, 2.05) is 0 Å². The van der Waals surface area contributed by atoms with Crippen LogP contribution in [0.4, 0.5) is 0 Å². The first-order valence-electron chi connectivity index (χ1n) is 11.2. The summed E-state index contributed by atoms with van der Waals surface area (Å²) in [6, 6.07) is 0. The first-order chi connectivity index (χ1) is 14.0. The molecular weight excluding hydrogens is 392 g/mol. The Bertz CT molecular complexity index is 503. The van der Waals surface area contributed by atoms with Gasteiger partial charge in [0, 0.05) is 47.7 Å². The fourth-order valence-electron chi connectivity index (χ4n) is 5.64. The van der Waals surface area contributed by atoms with E-state index >= 15 is 0 Å². The second-order valence-electron chi connectivity index (χ2n) is 8.52. The first kappa shape index (κ1) is 23.6. The van der Waals surface area contributed by atoms with E-state index < -0.39 is 19.6 Å². The zero-order valence-corrected chi connectivity index (χ0v) is 19.9. The Morgan fingerprint density at radius 2 is 1.41 bits per heavy atom. The molecule has 4 unspecified atom stereocenters. The van der Waals surface area contributed by atoms with Gasteiger partial charge in [0.25, 0.3) is 0 Å². The normalized spacial score (nSPS) is 36.9. The van der Waals surface area contributed by atoms with Crippen LogP contribution in [0.3, 0.4) is 0 Å². The van der Waals surface area contributed by atoms with Crippen LogP contribution < -0.4 is 0 Å². The van der Waals surface area contributed by atoms with E-state index in [9.17, 15) is 0 Å². The number of hydrogen-bond acceptors (Lipinski definition) is 7. The van der Waals surface area contributed by atoms with E-state index in [-0.39, 0.29) is 11.9 Å². The summed E-state index contributed by atoms with van der Waals surface area (Å²) >= 11 is 0. The van der Waals surface area contributed by atoms with Gasteiger partial charge in [0.05, 0.1) is 13.2 Å². The third-order valence-electron chi connectivity index (χ3n) is 7.36. The van der Waals surface area contributed by atoms with Crippen molar-refractivity contribution < 1.29 is 32.2 Å². The average molecular weight is 433 g/mol. The molecule has 0 aromatic carbocycles. The van der Waals surface area contributed by atoms with Gasteiger partial charge in [-0.15, -0.1) is 0 Å². The van der Waals surface area contributed by atoms with Gasteiger partial charge in [0.1, 0.15) is 11.2 Å². The molecule has 3 heterocycles. The Labute approximate surface area is 177 Å². The van der Waals surface area contributed by atoms with Crippen molar-refractivity contribution in [3.8, 4) is 0 Å². The molecule has 3 aliphatic rings. The lowest BCUT2D eigenvalue weighted by molar-refractivity contribution is -0.421. The van der Waals surface area contributed by atoms with Crippen LogP contribution in [0.25, 0.3) is 0 Å². The van der Waals surface area contributed by atoms with Crippen LogP contribution >= 0.6 is 0 Å². The second kappa shape index (κ2) is 9.61. The van der Waals surface area contributed by atoms with Gasteiger partial charge in [0.2, 0.25) is 0 Å². The van der Waals surface area contributed by atoms with Crippen molar-refractivity contribution in [1.82, 2.24) is 0 Å². The molecule has 0 bridgehead atoms. The third kappa shape index (κ3) is 3.53. The molecule has 4 atom stereocenters. The summed E-state index contributed by atoms with van der Waals surface area (Å²) in [5.74, 6) is 0. The summed E-state index contributed by atoms with van der Waals surface area (Å²) < 4.78 is 42.4. The van der Waals surface area contributed by atoms with Crippen LogP contribution in [0, 0.1) is 0 Å². The third-order valence-corrected chi connectivity index (χ3v) is 10.7. The van der Waals surface area contributed by atoms with Gasteiger partial charge in [-0.1, -0.05) is 45.4 Å². The highest BCUT2D eigenvalue weighted by atomic mass is 28.4. The van der Waals surface area contributed by atoms with Crippen LogP contribution in [0.2, 0.25) is 0 Å². The number of ether oxygens (including phenoxy) is 4. The Kier molecular flexibility index (Phi) is 7.82. The molecule has 0 N–H and O–H groups in total. The number of methoxy groups -OCH3 is 1. The van der Waals surface area contributed by atoms with Crippen LogP contribution in [0.15, 0.2) is 0 Å². The van der Waals surface area contributed by atoms with Crippen molar-refractivity contribution >= 4 is 8.80 Å². The molecule has 0 saturated carbocycles. The topological polar surface area (TPSA) is 64.6 Å². The largest absolute Gasteiger partial charge is 0.537 e. The molecule has 0 spiro atoms. The SMILES string of the molecule is CCCCCCCCC1(C2(C3([Si](OC)(OC)OC)CC(OC)O3)CCO2)CCO1. The van der Waals surface area contributed by atoms with Crippen LogP contribution in [-0.2, 0) is 32.2 Å². The smallest absolute Gasteiger partial charge is 0.375 e. The van der Waals surface area contributed by atoms with Crippen molar-refractivity contribution in [2.75, 3.05) is 41.7 Å². The van der Waals surface area contributed by atoms with Gasteiger partial charge in [-0.3, -0.25) is 0 Å². The van der Waals surface area contributed by atoms with Gasteiger partial charge in [-0.25, -0.2) is 0 Å². The quantitative estimate of drug-likeness (QED) is 0.307. The Morgan fingerprint density at radius 1 is 0.862 bits per heavy atom. The predicted octanol–water partition coefficient (Wildman–Crippen LogP) is 3.60. The average Bonchev–Trinajstić information content (AvgIpc) is 2.64. The molecule has 0 aromatic rings. The van der Waals surface area contributed by atoms with Crippen molar-refractivity contribution in [3.05, 3.63) is 0 Å². The molecule has 0 radical (unpaired) electrons. The number of unbranched alkanes of at least 4 members (excludes halogenated alkanes) is 5. The highest BCUT2D eigenvalue weighted by molar-refractivity contribution is 6.64. The predicted molar refractivity (Wildman–Crippen MR) is 111 cm³/mol. The summed E-state index contributed by atoms with van der Waals surface area (Å²) in [7, 11) is 3.36. The zero-order valence-electron chi connectivity index (χ0n) is 18.9. The maximum absolute atomic E-state index is 6.42. The highest BCUT2D eigenvalue weighted by Gasteiger charge is 2.84. The molecule has 8 heteroatoms. The molecule has 29 heavy (non-hydrogen) atoms. The Hall–Kier alpha value is -0.0631. The van der Waals surface area contributed by atoms with Gasteiger partial charge in [0.15, 0.2) is 11.5 Å². The Morgan fingerprint density at radius 3 is 1.83 bits per heavy atom. The molecule has 0 aromatic heterocycles. The fraction of sp³-hybridized carbons (Fsp3) is 1.00. The molecule has 3 fully saturated rings. The van der Waals surface area contributed by atoms with Crippen molar-refractivity contribution in [3.63, 3.8) is 0 Å². The number of rotatable bonds is 14. The fourth-order valence-corrected chi connectivity index (χ4v) is 8.74. The maximum Gasteiger partial charge on any atom is 0.537 e. The minimum atomic E-state index is -3.21. The van der Waals surface area contributed by atoms with E-state index in [1.165, 1.54) is 32.1 Å². The highest BCUT2D eigenvalue weighted by Crippen LogP contribution is 2.63. The van der Waals surface area contributed by atoms with Gasteiger partial charge in [-0.05, 0) is 6.42 Å². The molecular formula is C21H40O7Si. The lowest BCUT2D eigenvalue weighted by Crippen LogP contribution is -2.89. The minimum absolute atomic E-state index is 0.311. The lowest BCUT2D eigenvalue weighted by Gasteiger charge is -2.70. The van der Waals surface area contributed by atoms with Crippen molar-refractivity contribution in [2.45, 2.75) is 93.8 Å². The van der Waals surface area contributed by atoms with Gasteiger partial charge >= 0.3 is 8.80 Å². The van der Waals surface area contributed by atoms with E-state index in [0.717, 1.165) is 32.3 Å². The molecule has 0 amide bonds. The van der Waals surface area contributed by atoms with Gasteiger partial charge < -0.3 is 32.2 Å². The summed E-state index contributed by atoms with van der Waals surface area (Å²) in [4.78, 5) is 0. The van der Waals surface area contributed by atoms with E-state index in [1.54, 1.807) is 28.4 Å². The second-order valence-corrected chi connectivity index (χ2v) is 11.7. The number of hydrogen-bond donors (Lipinski definition) is 0. The maximum atomic E-state index is 6.42. The molecule has 3 saturated heterocycles. The monoisotopic (exact) mass is 432 g/mol. The van der Waals surface area contributed by atoms with Crippen molar-refractivity contribution in [1.29, 1.82) is 0 Å². The van der Waals surface area contributed by atoms with Crippen molar-refractivity contribution in [2.24, 2.45) is 0 Å². The molecule has 3 rings (SSSR count). The van der Waals surface area contributed by atoms with Crippen LogP contribution in [-0.4, -0.2) is 73.2 Å². The van der Waals surface area contributed by atoms with Gasteiger partial charge in [-0.2, -0.15) is 0 Å². The summed E-state index contributed by atoms with van der Waals surface area (Å²) in [5, 5.41) is -0.820. The Balaban J connectivity index is 1.83. The lowest BCUT2D eigenvalue weighted by atomic mass is 9.64. The molecule has 0 aliphatic carbocycles. The standard InChI is InChI=1S/C21H40O7Si/c1-6-7-8-9-10-11-12-19(13-15-26-19)20(14-16-27-20)21(17-18(22-2)28-21)29(23-3,24-4)25-5/h18H,6-17H2,1-5H3. The summed E-state index contributed by atoms with van der Waals surface area (Å²) in [6.07, 6.45) is 10.6. The minimum Gasteiger partial charge on any atom is -0.375 e. The summed E-state index contributed by atoms with van der Waals surface area (Å²) in [5.41, 5.74) is -0.993. The molecule has 7 nitrogen and oxygen atoms in total. The zero-order chi connectivity index (χ0) is 21.0. The van der Waals surface area contributed by atoms with Crippen LogP contribution in [0.1, 0.15) is 71.1 Å². The van der Waals surface area contributed by atoms with E-state index in [0.29, 0.717) is 13.0 Å². The molecule has 3 aliphatic heterocycles. The van der Waals surface area contributed by atoms with E-state index in [4.69, 9.17) is 32.2 Å². The molecule has 170 valence electrons. The summed E-state index contributed by atoms with van der Waals surface area (Å²) in [6.45, 7) is 3.69. The van der Waals surface area contributed by atoms with E-state index in [2.05, 4.69) is 6.92 Å².